The Morgan fingerprint density at radius 1 is 0.857 bits per heavy atom. The smallest absolute Gasteiger partial charge is 0.235 e. The van der Waals surface area contributed by atoms with Gasteiger partial charge in [-0.2, -0.15) is 0 Å². The van der Waals surface area contributed by atoms with Crippen molar-refractivity contribution in [3.63, 3.8) is 0 Å². The summed E-state index contributed by atoms with van der Waals surface area (Å²) >= 11 is 0. The second-order valence-electron chi connectivity index (χ2n) is 4.69. The number of amides is 1. The molecule has 0 aliphatic carbocycles. The summed E-state index contributed by atoms with van der Waals surface area (Å²) in [5.74, 6) is -3.39. The van der Waals surface area contributed by atoms with E-state index in [-0.39, 0.29) is 6.42 Å². The van der Waals surface area contributed by atoms with Crippen molar-refractivity contribution in [3.05, 3.63) is 71.8 Å². The number of carbonyl (C=O) groups excluding carboxylic acids is 3. The molecule has 4 nitrogen and oxygen atoms in total. The molecule has 0 aliphatic heterocycles. The van der Waals surface area contributed by atoms with E-state index in [1.54, 1.807) is 54.6 Å². The van der Waals surface area contributed by atoms with Gasteiger partial charge >= 0.3 is 0 Å². The van der Waals surface area contributed by atoms with Crippen LogP contribution >= 0.6 is 0 Å². The van der Waals surface area contributed by atoms with Gasteiger partial charge in [-0.1, -0.05) is 60.7 Å². The van der Waals surface area contributed by atoms with Crippen molar-refractivity contribution in [1.29, 1.82) is 0 Å². The van der Waals surface area contributed by atoms with Gasteiger partial charge in [0.1, 0.15) is 0 Å². The van der Waals surface area contributed by atoms with Gasteiger partial charge in [-0.3, -0.25) is 14.4 Å². The van der Waals surface area contributed by atoms with E-state index in [1.807, 2.05) is 6.07 Å². The number of rotatable bonds is 6. The average Bonchev–Trinajstić information content (AvgIpc) is 2.49. The first-order valence-corrected chi connectivity index (χ1v) is 6.55. The minimum atomic E-state index is -1.44. The fourth-order valence-electron chi connectivity index (χ4n) is 2.10. The SMILES string of the molecule is NC(=O)C(C(=O)Cc1ccccc1)C(=O)c1ccccc1. The van der Waals surface area contributed by atoms with E-state index in [0.717, 1.165) is 5.56 Å². The molecule has 0 spiro atoms. The molecule has 4 heteroatoms. The summed E-state index contributed by atoms with van der Waals surface area (Å²) in [5.41, 5.74) is 6.30. The molecule has 2 N–H and O–H groups in total. The number of primary amides is 1. The highest BCUT2D eigenvalue weighted by atomic mass is 16.2. The molecule has 1 atom stereocenters. The largest absolute Gasteiger partial charge is 0.369 e. The number of Topliss-reactive ketones (excluding diaryl/α,β-unsaturated/α-hetero) is 2. The van der Waals surface area contributed by atoms with Crippen LogP contribution in [0, 0.1) is 5.92 Å². The fraction of sp³-hybridized carbons (Fsp3) is 0.118. The normalized spacial score (nSPS) is 11.6. The Labute approximate surface area is 122 Å². The molecule has 2 rings (SSSR count). The Morgan fingerprint density at radius 3 is 1.90 bits per heavy atom. The first kappa shape index (κ1) is 14.7. The maximum atomic E-state index is 12.3. The maximum Gasteiger partial charge on any atom is 0.235 e. The van der Waals surface area contributed by atoms with Crippen LogP contribution in [0.5, 0.6) is 0 Å². The Kier molecular flexibility index (Phi) is 4.61. The van der Waals surface area contributed by atoms with Crippen molar-refractivity contribution in [2.24, 2.45) is 11.7 Å². The first-order valence-electron chi connectivity index (χ1n) is 6.55. The summed E-state index contributed by atoms with van der Waals surface area (Å²) in [4.78, 5) is 36.1. The lowest BCUT2D eigenvalue weighted by Crippen LogP contribution is -2.37. The van der Waals surface area contributed by atoms with Crippen LogP contribution in [-0.2, 0) is 16.0 Å². The van der Waals surface area contributed by atoms with Crippen LogP contribution in [0.1, 0.15) is 15.9 Å². The van der Waals surface area contributed by atoms with Gasteiger partial charge < -0.3 is 5.73 Å². The molecule has 2 aromatic rings. The van der Waals surface area contributed by atoms with Crippen LogP contribution in [-0.4, -0.2) is 17.5 Å². The maximum absolute atomic E-state index is 12.3. The minimum Gasteiger partial charge on any atom is -0.369 e. The zero-order chi connectivity index (χ0) is 15.2. The number of nitrogens with two attached hydrogens (primary N) is 1. The molecule has 0 heterocycles. The number of hydrogen-bond acceptors (Lipinski definition) is 3. The average molecular weight is 281 g/mol. The predicted molar refractivity (Wildman–Crippen MR) is 78.6 cm³/mol. The van der Waals surface area contributed by atoms with Crippen LogP contribution in [0.15, 0.2) is 60.7 Å². The summed E-state index contributed by atoms with van der Waals surface area (Å²) in [7, 11) is 0. The van der Waals surface area contributed by atoms with Crippen LogP contribution < -0.4 is 5.73 Å². The third-order valence-electron chi connectivity index (χ3n) is 3.15. The second kappa shape index (κ2) is 6.61. The number of hydrogen-bond donors (Lipinski definition) is 1. The number of ketones is 2. The molecule has 0 saturated carbocycles. The molecule has 0 aromatic heterocycles. The highest BCUT2D eigenvalue weighted by Gasteiger charge is 2.32. The monoisotopic (exact) mass is 281 g/mol. The molecular weight excluding hydrogens is 266 g/mol. The van der Waals surface area contributed by atoms with E-state index in [1.165, 1.54) is 0 Å². The molecule has 0 fully saturated rings. The summed E-state index contributed by atoms with van der Waals surface area (Å²) in [6.07, 6.45) is 0.00696. The summed E-state index contributed by atoms with van der Waals surface area (Å²) in [5, 5.41) is 0. The Bertz CT molecular complexity index is 650. The quantitative estimate of drug-likeness (QED) is 0.647. The van der Waals surface area contributed by atoms with Gasteiger partial charge in [0.2, 0.25) is 5.91 Å². The fourth-order valence-corrected chi connectivity index (χ4v) is 2.10. The molecule has 106 valence electrons. The Hall–Kier alpha value is -2.75. The lowest BCUT2D eigenvalue weighted by molar-refractivity contribution is -0.129. The van der Waals surface area contributed by atoms with Crippen LogP contribution in [0.25, 0.3) is 0 Å². The van der Waals surface area contributed by atoms with Crippen molar-refractivity contribution < 1.29 is 14.4 Å². The van der Waals surface area contributed by atoms with Gasteiger partial charge in [0.25, 0.3) is 0 Å². The van der Waals surface area contributed by atoms with E-state index in [0.29, 0.717) is 5.56 Å². The van der Waals surface area contributed by atoms with E-state index in [9.17, 15) is 14.4 Å². The molecule has 1 unspecified atom stereocenters. The van der Waals surface area contributed by atoms with E-state index in [4.69, 9.17) is 5.73 Å². The van der Waals surface area contributed by atoms with Crippen molar-refractivity contribution in [1.82, 2.24) is 0 Å². The second-order valence-corrected chi connectivity index (χ2v) is 4.69. The van der Waals surface area contributed by atoms with Crippen molar-refractivity contribution in [2.75, 3.05) is 0 Å². The molecule has 21 heavy (non-hydrogen) atoms. The van der Waals surface area contributed by atoms with E-state index >= 15 is 0 Å². The van der Waals surface area contributed by atoms with Crippen LogP contribution in [0.4, 0.5) is 0 Å². The van der Waals surface area contributed by atoms with Crippen molar-refractivity contribution in [2.45, 2.75) is 6.42 Å². The lowest BCUT2D eigenvalue weighted by Gasteiger charge is -2.11. The summed E-state index contributed by atoms with van der Waals surface area (Å²) in [6, 6.07) is 17.2. The molecule has 0 radical (unpaired) electrons. The lowest BCUT2D eigenvalue weighted by atomic mass is 9.90. The molecular formula is C17H15NO3. The number of benzene rings is 2. The topological polar surface area (TPSA) is 77.2 Å². The predicted octanol–water partition coefficient (Wildman–Crippen LogP) is 1.78. The van der Waals surface area contributed by atoms with E-state index in [2.05, 4.69) is 0 Å². The first-order chi connectivity index (χ1) is 10.1. The van der Waals surface area contributed by atoms with Crippen LogP contribution in [0.2, 0.25) is 0 Å². The highest BCUT2D eigenvalue weighted by molar-refractivity contribution is 6.23. The molecule has 0 saturated heterocycles. The zero-order valence-corrected chi connectivity index (χ0v) is 11.4. The van der Waals surface area contributed by atoms with Gasteiger partial charge in [0.05, 0.1) is 0 Å². The van der Waals surface area contributed by atoms with Gasteiger partial charge in [-0.05, 0) is 5.56 Å². The van der Waals surface area contributed by atoms with Gasteiger partial charge in [-0.25, -0.2) is 0 Å². The van der Waals surface area contributed by atoms with Crippen molar-refractivity contribution in [3.8, 4) is 0 Å². The molecule has 2 aromatic carbocycles. The molecule has 0 bridgehead atoms. The van der Waals surface area contributed by atoms with Gasteiger partial charge in [0.15, 0.2) is 17.5 Å². The zero-order valence-electron chi connectivity index (χ0n) is 11.4. The van der Waals surface area contributed by atoms with Gasteiger partial charge in [0, 0.05) is 12.0 Å². The van der Waals surface area contributed by atoms with E-state index < -0.39 is 23.4 Å². The van der Waals surface area contributed by atoms with Crippen LogP contribution in [0.3, 0.4) is 0 Å². The Balaban J connectivity index is 2.21. The third kappa shape index (κ3) is 3.63. The highest BCUT2D eigenvalue weighted by Crippen LogP contribution is 2.13. The summed E-state index contributed by atoms with van der Waals surface area (Å²) < 4.78 is 0. The standard InChI is InChI=1S/C17H15NO3/c18-17(21)15(16(20)13-9-5-2-6-10-13)14(19)11-12-7-3-1-4-8-12/h1-10,15H,11H2,(H2,18,21). The third-order valence-corrected chi connectivity index (χ3v) is 3.15. The van der Waals surface area contributed by atoms with Gasteiger partial charge in [-0.15, -0.1) is 0 Å². The number of carbonyl (C=O) groups is 3. The molecule has 0 aliphatic rings. The van der Waals surface area contributed by atoms with Crippen molar-refractivity contribution >= 4 is 17.5 Å². The summed E-state index contributed by atoms with van der Waals surface area (Å²) in [6.45, 7) is 0. The Morgan fingerprint density at radius 2 is 1.38 bits per heavy atom. The minimum absolute atomic E-state index is 0.00696. The molecule has 1 amide bonds.